The van der Waals surface area contributed by atoms with Gasteiger partial charge in [0, 0.05) is 29.7 Å². The van der Waals surface area contributed by atoms with Crippen LogP contribution in [0.2, 0.25) is 0 Å². The molecule has 0 radical (unpaired) electrons. The Kier molecular flexibility index (Phi) is 5.27. The second-order valence-electron chi connectivity index (χ2n) is 5.74. The molecule has 0 spiro atoms. The van der Waals surface area contributed by atoms with Gasteiger partial charge in [0.05, 0.1) is 13.2 Å². The summed E-state index contributed by atoms with van der Waals surface area (Å²) < 4.78 is 13.1. The van der Waals surface area contributed by atoms with Crippen molar-refractivity contribution >= 4 is 12.3 Å². The molecule has 0 atom stereocenters. The van der Waals surface area contributed by atoms with Crippen molar-refractivity contribution in [1.82, 2.24) is 4.57 Å². The van der Waals surface area contributed by atoms with Crippen LogP contribution < -0.4 is 14.9 Å². The molecule has 4 nitrogen and oxygen atoms in total. The highest BCUT2D eigenvalue weighted by atomic mass is 16.5. The van der Waals surface area contributed by atoms with Crippen LogP contribution in [0.4, 0.5) is 0 Å². The van der Waals surface area contributed by atoms with Crippen LogP contribution in [-0.4, -0.2) is 17.8 Å². The third-order valence-electron chi connectivity index (χ3n) is 3.43. The minimum atomic E-state index is 0.0294. The Morgan fingerprint density at radius 2 is 1.70 bits per heavy atom. The summed E-state index contributed by atoms with van der Waals surface area (Å²) in [6, 6.07) is 9.05. The van der Waals surface area contributed by atoms with E-state index in [1.54, 1.807) is 19.2 Å². The van der Waals surface area contributed by atoms with Gasteiger partial charge in [-0.3, -0.25) is 4.79 Å². The van der Waals surface area contributed by atoms with Crippen LogP contribution in [0.1, 0.15) is 30.8 Å². The zero-order chi connectivity index (χ0) is 17.0. The van der Waals surface area contributed by atoms with Gasteiger partial charge in [0.15, 0.2) is 16.9 Å². The molecule has 2 aromatic rings. The van der Waals surface area contributed by atoms with Gasteiger partial charge in [-0.2, -0.15) is 0 Å². The molecule has 122 valence electrons. The number of hydrogen-bond acceptors (Lipinski definition) is 3. The quantitative estimate of drug-likeness (QED) is 0.841. The van der Waals surface area contributed by atoms with Crippen molar-refractivity contribution in [2.75, 3.05) is 7.11 Å². The summed E-state index contributed by atoms with van der Waals surface area (Å²) in [5.41, 5.74) is 2.83. The molecule has 1 aromatic heterocycles. The van der Waals surface area contributed by atoms with Crippen molar-refractivity contribution in [1.29, 1.82) is 0 Å². The lowest BCUT2D eigenvalue weighted by Crippen LogP contribution is -2.08. The predicted octanol–water partition coefficient (Wildman–Crippen LogP) is 3.89. The molecule has 1 aromatic carbocycles. The molecular weight excluding hydrogens is 290 g/mol. The zero-order valence-corrected chi connectivity index (χ0v) is 14.3. The smallest absolute Gasteiger partial charge is 0.182 e. The van der Waals surface area contributed by atoms with Crippen molar-refractivity contribution in [3.05, 3.63) is 57.5 Å². The Balaban J connectivity index is 2.35. The first-order valence-corrected chi connectivity index (χ1v) is 7.63. The van der Waals surface area contributed by atoms with Crippen LogP contribution in [0.15, 0.2) is 35.1 Å². The van der Waals surface area contributed by atoms with Gasteiger partial charge < -0.3 is 14.0 Å². The predicted molar refractivity (Wildman–Crippen MR) is 94.2 cm³/mol. The summed E-state index contributed by atoms with van der Waals surface area (Å²) in [5, 5.41) is 0. The van der Waals surface area contributed by atoms with E-state index in [-0.39, 0.29) is 11.5 Å². The maximum Gasteiger partial charge on any atom is 0.182 e. The normalized spacial score (nSPS) is 11.2. The fourth-order valence-corrected chi connectivity index (χ4v) is 2.41. The first-order valence-electron chi connectivity index (χ1n) is 7.63. The van der Waals surface area contributed by atoms with E-state index in [1.165, 1.54) is 0 Å². The van der Waals surface area contributed by atoms with E-state index in [0.29, 0.717) is 5.75 Å². The average molecular weight is 313 g/mol. The molecule has 2 rings (SSSR count). The fourth-order valence-electron chi connectivity index (χ4n) is 2.41. The lowest BCUT2D eigenvalue weighted by molar-refractivity contribution is 0.230. The van der Waals surface area contributed by atoms with Crippen LogP contribution in [0, 0.1) is 13.8 Å². The van der Waals surface area contributed by atoms with Crippen LogP contribution in [0.3, 0.4) is 0 Å². The van der Waals surface area contributed by atoms with Crippen LogP contribution >= 0.6 is 0 Å². The third-order valence-corrected chi connectivity index (χ3v) is 3.43. The van der Waals surface area contributed by atoms with E-state index in [1.807, 2.05) is 62.7 Å². The first-order chi connectivity index (χ1) is 10.9. The summed E-state index contributed by atoms with van der Waals surface area (Å²) in [7, 11) is 1.63. The van der Waals surface area contributed by atoms with Crippen molar-refractivity contribution in [2.45, 2.75) is 33.8 Å². The summed E-state index contributed by atoms with van der Waals surface area (Å²) in [6.45, 7) is 7.80. The second kappa shape index (κ2) is 7.18. The molecular formula is C19H23NO3. The molecule has 23 heavy (non-hydrogen) atoms. The maximum atomic E-state index is 11.5. The van der Waals surface area contributed by atoms with Crippen LogP contribution in [0.5, 0.6) is 11.5 Å². The van der Waals surface area contributed by atoms with Crippen molar-refractivity contribution in [3.63, 3.8) is 0 Å². The van der Waals surface area contributed by atoms with Crippen molar-refractivity contribution in [2.24, 2.45) is 0 Å². The first kappa shape index (κ1) is 16.9. The molecule has 0 amide bonds. The molecule has 4 heteroatoms. The van der Waals surface area contributed by atoms with E-state index in [0.717, 1.165) is 22.7 Å². The zero-order valence-electron chi connectivity index (χ0n) is 14.3. The number of pyridine rings is 1. The highest BCUT2D eigenvalue weighted by Crippen LogP contribution is 2.29. The molecule has 0 unspecified atom stereocenters. The topological polar surface area (TPSA) is 40.5 Å². The Labute approximate surface area is 137 Å². The third kappa shape index (κ3) is 4.25. The summed E-state index contributed by atoms with van der Waals surface area (Å²) in [4.78, 5) is 11.5. The molecule has 0 N–H and O–H groups in total. The Morgan fingerprint density at radius 3 is 2.26 bits per heavy atom. The van der Waals surface area contributed by atoms with E-state index in [2.05, 4.69) is 0 Å². The van der Waals surface area contributed by atoms with E-state index in [9.17, 15) is 4.79 Å². The Bertz CT molecular complexity index is 746. The molecule has 0 bridgehead atoms. The summed E-state index contributed by atoms with van der Waals surface area (Å²) in [5.74, 6) is 1.43. The SMILES string of the molecule is COc1ccc(C=Cn2c(C)cc(=O)cc2C)cc1OC(C)C. The van der Waals surface area contributed by atoms with Gasteiger partial charge in [0.2, 0.25) is 0 Å². The van der Waals surface area contributed by atoms with E-state index >= 15 is 0 Å². The van der Waals surface area contributed by atoms with Crippen LogP contribution in [-0.2, 0) is 0 Å². The molecule has 0 fully saturated rings. The van der Waals surface area contributed by atoms with Gasteiger partial charge in [-0.1, -0.05) is 6.07 Å². The highest BCUT2D eigenvalue weighted by Gasteiger charge is 2.06. The van der Waals surface area contributed by atoms with E-state index in [4.69, 9.17) is 9.47 Å². The molecule has 0 aliphatic heterocycles. The minimum Gasteiger partial charge on any atom is -0.493 e. The second-order valence-corrected chi connectivity index (χ2v) is 5.74. The number of aryl methyl sites for hydroxylation is 2. The fraction of sp³-hybridized carbons (Fsp3) is 0.316. The standard InChI is InChI=1S/C19H23NO3/c1-13(2)23-19-12-16(6-7-18(19)22-5)8-9-20-14(3)10-17(21)11-15(20)4/h6-13H,1-5H3. The van der Waals surface area contributed by atoms with E-state index < -0.39 is 0 Å². The number of methoxy groups -OCH3 is 1. The molecule has 1 heterocycles. The molecule has 0 saturated carbocycles. The number of hydrogen-bond donors (Lipinski definition) is 0. The summed E-state index contributed by atoms with van der Waals surface area (Å²) >= 11 is 0. The number of rotatable bonds is 5. The van der Waals surface area contributed by atoms with Crippen molar-refractivity contribution < 1.29 is 9.47 Å². The highest BCUT2D eigenvalue weighted by molar-refractivity contribution is 5.64. The minimum absolute atomic E-state index is 0.0294. The van der Waals surface area contributed by atoms with Gasteiger partial charge in [-0.25, -0.2) is 0 Å². The number of ether oxygens (including phenoxy) is 2. The van der Waals surface area contributed by atoms with Crippen molar-refractivity contribution in [3.8, 4) is 11.5 Å². The Hall–Kier alpha value is -2.49. The molecule has 0 aliphatic rings. The maximum absolute atomic E-state index is 11.5. The van der Waals surface area contributed by atoms with Gasteiger partial charge >= 0.3 is 0 Å². The molecule has 0 aliphatic carbocycles. The number of nitrogens with zero attached hydrogens (tertiary/aromatic N) is 1. The number of benzene rings is 1. The van der Waals surface area contributed by atoms with Gasteiger partial charge in [0.1, 0.15) is 0 Å². The lowest BCUT2D eigenvalue weighted by Gasteiger charge is -2.14. The van der Waals surface area contributed by atoms with Crippen LogP contribution in [0.25, 0.3) is 12.3 Å². The number of aromatic nitrogens is 1. The Morgan fingerprint density at radius 1 is 1.04 bits per heavy atom. The van der Waals surface area contributed by atoms with Gasteiger partial charge in [-0.15, -0.1) is 0 Å². The largest absolute Gasteiger partial charge is 0.493 e. The monoisotopic (exact) mass is 313 g/mol. The lowest BCUT2D eigenvalue weighted by atomic mass is 10.2. The molecule has 0 saturated heterocycles. The van der Waals surface area contributed by atoms with Gasteiger partial charge in [0.25, 0.3) is 0 Å². The van der Waals surface area contributed by atoms with Gasteiger partial charge in [-0.05, 0) is 51.5 Å². The summed E-state index contributed by atoms with van der Waals surface area (Å²) in [6.07, 6.45) is 4.01. The average Bonchev–Trinajstić information content (AvgIpc) is 2.45.